The summed E-state index contributed by atoms with van der Waals surface area (Å²) < 4.78 is 1.69. The van der Waals surface area contributed by atoms with Gasteiger partial charge in [-0.3, -0.25) is 14.2 Å². The highest BCUT2D eigenvalue weighted by atomic mass is 32.1. The summed E-state index contributed by atoms with van der Waals surface area (Å²) in [6.45, 7) is 4.02. The molecule has 24 heavy (non-hydrogen) atoms. The monoisotopic (exact) mass is 339 g/mol. The highest BCUT2D eigenvalue weighted by Gasteiger charge is 2.10. The number of nitrogens with zero attached hydrogens (tertiary/aromatic N) is 1. The molecule has 122 valence electrons. The molecule has 0 radical (unpaired) electrons. The SMILES string of the molecule is Cc1ccc(NC(=O)c2ccc3c(=O)n(C)c(=S)[nH]c3c2)cc1C. The summed E-state index contributed by atoms with van der Waals surface area (Å²) in [5.74, 6) is -0.236. The molecule has 5 nitrogen and oxygen atoms in total. The Kier molecular flexibility index (Phi) is 4.07. The van der Waals surface area contributed by atoms with Gasteiger partial charge >= 0.3 is 0 Å². The summed E-state index contributed by atoms with van der Waals surface area (Å²) >= 11 is 5.12. The Labute approximate surface area is 144 Å². The normalized spacial score (nSPS) is 10.8. The van der Waals surface area contributed by atoms with Crippen LogP contribution in [-0.4, -0.2) is 15.5 Å². The number of amides is 1. The lowest BCUT2D eigenvalue weighted by molar-refractivity contribution is 0.102. The smallest absolute Gasteiger partial charge is 0.261 e. The average molecular weight is 339 g/mol. The van der Waals surface area contributed by atoms with Crippen LogP contribution in [0.15, 0.2) is 41.2 Å². The van der Waals surface area contributed by atoms with Gasteiger partial charge in [-0.25, -0.2) is 0 Å². The fourth-order valence-electron chi connectivity index (χ4n) is 2.47. The van der Waals surface area contributed by atoms with Crippen LogP contribution in [0.5, 0.6) is 0 Å². The van der Waals surface area contributed by atoms with Crippen molar-refractivity contribution in [3.8, 4) is 0 Å². The number of fused-ring (bicyclic) bond motifs is 1. The van der Waals surface area contributed by atoms with Crippen LogP contribution in [0.1, 0.15) is 21.5 Å². The number of aromatic amines is 1. The largest absolute Gasteiger partial charge is 0.332 e. The second-order valence-corrected chi connectivity index (χ2v) is 6.19. The lowest BCUT2D eigenvalue weighted by Crippen LogP contribution is -2.19. The number of hydrogen-bond acceptors (Lipinski definition) is 3. The first kappa shape index (κ1) is 16.1. The van der Waals surface area contributed by atoms with Gasteiger partial charge in [0.2, 0.25) is 0 Å². The van der Waals surface area contributed by atoms with Crippen molar-refractivity contribution in [2.45, 2.75) is 13.8 Å². The first-order valence-electron chi connectivity index (χ1n) is 7.48. The zero-order valence-electron chi connectivity index (χ0n) is 13.6. The minimum Gasteiger partial charge on any atom is -0.332 e. The van der Waals surface area contributed by atoms with Crippen LogP contribution in [0, 0.1) is 18.6 Å². The van der Waals surface area contributed by atoms with E-state index in [0.29, 0.717) is 21.2 Å². The Morgan fingerprint density at radius 2 is 1.88 bits per heavy atom. The van der Waals surface area contributed by atoms with Crippen molar-refractivity contribution in [3.63, 3.8) is 0 Å². The fourth-order valence-corrected chi connectivity index (χ4v) is 2.66. The zero-order chi connectivity index (χ0) is 17.4. The quantitative estimate of drug-likeness (QED) is 0.703. The molecule has 0 fully saturated rings. The molecule has 3 aromatic rings. The van der Waals surface area contributed by atoms with Gasteiger partial charge in [0.05, 0.1) is 10.9 Å². The first-order valence-corrected chi connectivity index (χ1v) is 7.89. The topological polar surface area (TPSA) is 66.9 Å². The molecular formula is C18H17N3O2S. The summed E-state index contributed by atoms with van der Waals surface area (Å²) in [4.78, 5) is 27.6. The molecular weight excluding hydrogens is 322 g/mol. The highest BCUT2D eigenvalue weighted by molar-refractivity contribution is 7.71. The van der Waals surface area contributed by atoms with Crippen molar-refractivity contribution in [3.05, 3.63) is 68.2 Å². The number of aryl methyl sites for hydroxylation is 2. The summed E-state index contributed by atoms with van der Waals surface area (Å²) in [6.07, 6.45) is 0. The minimum atomic E-state index is -0.236. The van der Waals surface area contributed by atoms with Gasteiger partial charge in [-0.2, -0.15) is 0 Å². The Hall–Kier alpha value is -2.73. The summed E-state index contributed by atoms with van der Waals surface area (Å²) in [6, 6.07) is 10.7. The van der Waals surface area contributed by atoms with E-state index in [4.69, 9.17) is 12.2 Å². The molecule has 0 unspecified atom stereocenters. The van der Waals surface area contributed by atoms with Gasteiger partial charge in [-0.15, -0.1) is 0 Å². The molecule has 0 saturated heterocycles. The van der Waals surface area contributed by atoms with Gasteiger partial charge in [0, 0.05) is 18.3 Å². The van der Waals surface area contributed by atoms with Crippen LogP contribution in [-0.2, 0) is 7.05 Å². The second kappa shape index (κ2) is 6.05. The van der Waals surface area contributed by atoms with E-state index in [1.165, 1.54) is 10.1 Å². The summed E-state index contributed by atoms with van der Waals surface area (Å²) in [5, 5.41) is 3.36. The maximum atomic E-state index is 12.5. The molecule has 0 saturated carbocycles. The van der Waals surface area contributed by atoms with Gasteiger partial charge < -0.3 is 10.3 Å². The molecule has 0 aliphatic heterocycles. The predicted octanol–water partition coefficient (Wildman–Crippen LogP) is 3.47. The highest BCUT2D eigenvalue weighted by Crippen LogP contribution is 2.16. The van der Waals surface area contributed by atoms with Gasteiger partial charge in [-0.05, 0) is 67.5 Å². The van der Waals surface area contributed by atoms with Crippen molar-refractivity contribution >= 4 is 34.7 Å². The number of carbonyl (C=O) groups excluding carboxylic acids is 1. The number of hydrogen-bond donors (Lipinski definition) is 2. The van der Waals surface area contributed by atoms with E-state index >= 15 is 0 Å². The molecule has 1 amide bonds. The molecule has 0 aliphatic rings. The van der Waals surface area contributed by atoms with E-state index in [0.717, 1.165) is 11.3 Å². The molecule has 0 bridgehead atoms. The molecule has 2 N–H and O–H groups in total. The minimum absolute atomic E-state index is 0.185. The van der Waals surface area contributed by atoms with E-state index in [1.54, 1.807) is 25.2 Å². The summed E-state index contributed by atoms with van der Waals surface area (Å²) in [5.41, 5.74) is 3.84. The van der Waals surface area contributed by atoms with E-state index in [-0.39, 0.29) is 11.5 Å². The third kappa shape index (κ3) is 2.88. The van der Waals surface area contributed by atoms with E-state index in [2.05, 4.69) is 10.3 Å². The third-order valence-electron chi connectivity index (χ3n) is 4.13. The van der Waals surface area contributed by atoms with Crippen LogP contribution in [0.4, 0.5) is 5.69 Å². The molecule has 3 rings (SSSR count). The Bertz CT molecular complexity index is 1080. The predicted molar refractivity (Wildman–Crippen MR) is 98.2 cm³/mol. The number of aromatic nitrogens is 2. The number of nitrogens with one attached hydrogen (secondary N) is 2. The second-order valence-electron chi connectivity index (χ2n) is 5.81. The molecule has 0 atom stereocenters. The average Bonchev–Trinajstić information content (AvgIpc) is 2.55. The molecule has 0 spiro atoms. The van der Waals surface area contributed by atoms with Gasteiger partial charge in [0.25, 0.3) is 11.5 Å². The van der Waals surface area contributed by atoms with Crippen LogP contribution < -0.4 is 10.9 Å². The number of carbonyl (C=O) groups is 1. The van der Waals surface area contributed by atoms with Crippen molar-refractivity contribution in [1.82, 2.24) is 9.55 Å². The maximum Gasteiger partial charge on any atom is 0.261 e. The third-order valence-corrected chi connectivity index (χ3v) is 4.50. The van der Waals surface area contributed by atoms with Gasteiger partial charge in [0.15, 0.2) is 4.77 Å². The molecule has 0 aliphatic carbocycles. The van der Waals surface area contributed by atoms with Crippen LogP contribution in [0.2, 0.25) is 0 Å². The van der Waals surface area contributed by atoms with Crippen LogP contribution in [0.25, 0.3) is 10.9 Å². The van der Waals surface area contributed by atoms with Gasteiger partial charge in [-0.1, -0.05) is 6.07 Å². The summed E-state index contributed by atoms with van der Waals surface area (Å²) in [7, 11) is 1.61. The lowest BCUT2D eigenvalue weighted by Gasteiger charge is -2.09. The van der Waals surface area contributed by atoms with Crippen molar-refractivity contribution < 1.29 is 4.79 Å². The molecule has 6 heteroatoms. The lowest BCUT2D eigenvalue weighted by atomic mass is 10.1. The van der Waals surface area contributed by atoms with Gasteiger partial charge in [0.1, 0.15) is 0 Å². The number of benzene rings is 2. The van der Waals surface area contributed by atoms with Crippen molar-refractivity contribution in [2.75, 3.05) is 5.32 Å². The Balaban J connectivity index is 1.98. The maximum absolute atomic E-state index is 12.5. The number of H-pyrrole nitrogens is 1. The van der Waals surface area contributed by atoms with E-state index in [1.807, 2.05) is 32.0 Å². The molecule has 2 aromatic carbocycles. The molecule has 1 aromatic heterocycles. The number of anilines is 1. The van der Waals surface area contributed by atoms with Crippen molar-refractivity contribution in [1.29, 1.82) is 0 Å². The zero-order valence-corrected chi connectivity index (χ0v) is 14.5. The van der Waals surface area contributed by atoms with E-state index < -0.39 is 0 Å². The van der Waals surface area contributed by atoms with Crippen LogP contribution >= 0.6 is 12.2 Å². The van der Waals surface area contributed by atoms with Crippen molar-refractivity contribution in [2.24, 2.45) is 7.05 Å². The Morgan fingerprint density at radius 1 is 1.12 bits per heavy atom. The fraction of sp³-hybridized carbons (Fsp3) is 0.167. The standard InChI is InChI=1S/C18H17N3O2S/c1-10-4-6-13(8-11(10)2)19-16(22)12-5-7-14-15(9-12)20-18(24)21(3)17(14)23/h4-9H,1-3H3,(H,19,22)(H,20,24). The Morgan fingerprint density at radius 3 is 2.58 bits per heavy atom. The first-order chi connectivity index (χ1) is 11.4. The van der Waals surface area contributed by atoms with Crippen LogP contribution in [0.3, 0.4) is 0 Å². The molecule has 1 heterocycles. The number of rotatable bonds is 2. The van der Waals surface area contributed by atoms with E-state index in [9.17, 15) is 9.59 Å².